The SMILES string of the molecule is Cc1c(-c2ccccc2)[c]ncc1NS(C)(=O)=O. The molecule has 0 saturated carbocycles. The molecule has 4 nitrogen and oxygen atoms in total. The summed E-state index contributed by atoms with van der Waals surface area (Å²) in [5.74, 6) is 0. The molecule has 18 heavy (non-hydrogen) atoms. The van der Waals surface area contributed by atoms with Crippen molar-refractivity contribution in [3.63, 3.8) is 0 Å². The first-order valence-corrected chi connectivity index (χ1v) is 7.27. The van der Waals surface area contributed by atoms with Crippen molar-refractivity contribution in [1.29, 1.82) is 0 Å². The molecule has 1 aromatic carbocycles. The molecule has 1 N–H and O–H groups in total. The second-order valence-corrected chi connectivity index (χ2v) is 5.77. The van der Waals surface area contributed by atoms with Gasteiger partial charge < -0.3 is 0 Å². The smallest absolute Gasteiger partial charge is 0.229 e. The minimum absolute atomic E-state index is 0.482. The highest BCUT2D eigenvalue weighted by atomic mass is 32.2. The van der Waals surface area contributed by atoms with E-state index >= 15 is 0 Å². The molecule has 0 bridgehead atoms. The van der Waals surface area contributed by atoms with Crippen LogP contribution < -0.4 is 4.72 Å². The second kappa shape index (κ2) is 4.78. The number of sulfonamides is 1. The molecule has 0 spiro atoms. The third-order valence-electron chi connectivity index (χ3n) is 2.51. The van der Waals surface area contributed by atoms with Crippen LogP contribution in [0, 0.1) is 13.1 Å². The van der Waals surface area contributed by atoms with E-state index in [2.05, 4.69) is 15.9 Å². The zero-order chi connectivity index (χ0) is 13.2. The van der Waals surface area contributed by atoms with Gasteiger partial charge in [0.25, 0.3) is 0 Å². The van der Waals surface area contributed by atoms with Crippen LogP contribution in [0.3, 0.4) is 0 Å². The van der Waals surface area contributed by atoms with Gasteiger partial charge in [-0.2, -0.15) is 0 Å². The van der Waals surface area contributed by atoms with Crippen molar-refractivity contribution in [3.8, 4) is 11.1 Å². The summed E-state index contributed by atoms with van der Waals surface area (Å²) in [5.41, 5.74) is 3.04. The summed E-state index contributed by atoms with van der Waals surface area (Å²) in [6.45, 7) is 1.84. The highest BCUT2D eigenvalue weighted by Gasteiger charge is 2.10. The van der Waals surface area contributed by atoms with Gasteiger partial charge in [-0.25, -0.2) is 8.42 Å². The second-order valence-electron chi connectivity index (χ2n) is 4.02. The zero-order valence-electron chi connectivity index (χ0n) is 10.1. The summed E-state index contributed by atoms with van der Waals surface area (Å²) < 4.78 is 25.0. The number of anilines is 1. The maximum absolute atomic E-state index is 11.3. The molecule has 1 heterocycles. The lowest BCUT2D eigenvalue weighted by atomic mass is 10.0. The molecule has 2 aromatic rings. The predicted octanol–water partition coefficient (Wildman–Crippen LogP) is 2.23. The summed E-state index contributed by atoms with van der Waals surface area (Å²) in [6, 6.07) is 9.62. The third kappa shape index (κ3) is 2.87. The Hall–Kier alpha value is -1.88. The molecule has 1 aromatic heterocycles. The van der Waals surface area contributed by atoms with Crippen molar-refractivity contribution in [2.24, 2.45) is 0 Å². The minimum Gasteiger partial charge on any atom is -0.282 e. The molecular weight excluding hydrogens is 248 g/mol. The summed E-state index contributed by atoms with van der Waals surface area (Å²) in [4.78, 5) is 3.95. The van der Waals surface area contributed by atoms with Crippen LogP contribution in [-0.4, -0.2) is 19.7 Å². The van der Waals surface area contributed by atoms with Crippen molar-refractivity contribution in [1.82, 2.24) is 4.98 Å². The van der Waals surface area contributed by atoms with E-state index in [1.807, 2.05) is 37.3 Å². The van der Waals surface area contributed by atoms with Crippen molar-refractivity contribution in [2.75, 3.05) is 11.0 Å². The van der Waals surface area contributed by atoms with Gasteiger partial charge in [0.05, 0.1) is 24.3 Å². The molecule has 0 aliphatic rings. The Balaban J connectivity index is 2.49. The first-order valence-electron chi connectivity index (χ1n) is 5.38. The average molecular weight is 261 g/mol. The lowest BCUT2D eigenvalue weighted by Gasteiger charge is -2.11. The molecule has 93 valence electrons. The Labute approximate surface area is 107 Å². The number of nitrogens with one attached hydrogen (secondary N) is 1. The lowest BCUT2D eigenvalue weighted by Crippen LogP contribution is -2.11. The summed E-state index contributed by atoms with van der Waals surface area (Å²) >= 11 is 0. The molecule has 5 heteroatoms. The number of hydrogen-bond acceptors (Lipinski definition) is 3. The van der Waals surface area contributed by atoms with Crippen LogP contribution in [0.15, 0.2) is 36.5 Å². The van der Waals surface area contributed by atoms with Gasteiger partial charge in [-0.15, -0.1) is 0 Å². The molecule has 0 fully saturated rings. The highest BCUT2D eigenvalue weighted by molar-refractivity contribution is 7.92. The zero-order valence-corrected chi connectivity index (χ0v) is 11.0. The Morgan fingerprint density at radius 2 is 1.89 bits per heavy atom. The molecule has 0 atom stereocenters. The van der Waals surface area contributed by atoms with E-state index in [1.165, 1.54) is 6.20 Å². The van der Waals surface area contributed by atoms with Gasteiger partial charge in [0, 0.05) is 5.56 Å². The number of hydrogen-bond donors (Lipinski definition) is 1. The normalized spacial score (nSPS) is 11.2. The highest BCUT2D eigenvalue weighted by Crippen LogP contribution is 2.26. The van der Waals surface area contributed by atoms with Crippen molar-refractivity contribution >= 4 is 15.7 Å². The Kier molecular flexibility index (Phi) is 3.34. The number of aromatic nitrogens is 1. The fraction of sp³-hybridized carbons (Fsp3) is 0.154. The topological polar surface area (TPSA) is 59.1 Å². The van der Waals surface area contributed by atoms with E-state index in [9.17, 15) is 8.42 Å². The largest absolute Gasteiger partial charge is 0.282 e. The van der Waals surface area contributed by atoms with E-state index < -0.39 is 10.0 Å². The van der Waals surface area contributed by atoms with Crippen LogP contribution in [0.4, 0.5) is 5.69 Å². The van der Waals surface area contributed by atoms with Gasteiger partial charge in [0.15, 0.2) is 0 Å². The quantitative estimate of drug-likeness (QED) is 0.921. The van der Waals surface area contributed by atoms with E-state index in [0.29, 0.717) is 5.69 Å². The van der Waals surface area contributed by atoms with Gasteiger partial charge in [0.1, 0.15) is 0 Å². The fourth-order valence-corrected chi connectivity index (χ4v) is 2.27. The van der Waals surface area contributed by atoms with Crippen LogP contribution in [-0.2, 0) is 10.0 Å². The van der Waals surface area contributed by atoms with E-state index in [-0.39, 0.29) is 0 Å². The van der Waals surface area contributed by atoms with E-state index in [1.54, 1.807) is 0 Å². The summed E-state index contributed by atoms with van der Waals surface area (Å²) in [5, 5.41) is 0. The van der Waals surface area contributed by atoms with Gasteiger partial charge >= 0.3 is 0 Å². The lowest BCUT2D eigenvalue weighted by molar-refractivity contribution is 0.606. The number of benzene rings is 1. The Bertz CT molecular complexity index is 652. The first kappa shape index (κ1) is 12.6. The van der Waals surface area contributed by atoms with Gasteiger partial charge in [-0.3, -0.25) is 9.71 Å². The van der Waals surface area contributed by atoms with Crippen LogP contribution in [0.25, 0.3) is 11.1 Å². The van der Waals surface area contributed by atoms with Crippen LogP contribution in [0.2, 0.25) is 0 Å². The summed E-state index contributed by atoms with van der Waals surface area (Å²) in [7, 11) is -3.30. The maximum Gasteiger partial charge on any atom is 0.229 e. The molecular formula is C13H13N2O2S. The molecule has 0 aliphatic heterocycles. The van der Waals surface area contributed by atoms with Crippen LogP contribution in [0.1, 0.15) is 5.56 Å². The third-order valence-corrected chi connectivity index (χ3v) is 3.10. The Morgan fingerprint density at radius 3 is 2.50 bits per heavy atom. The fourth-order valence-electron chi connectivity index (χ4n) is 1.67. The average Bonchev–Trinajstić information content (AvgIpc) is 2.31. The molecule has 1 radical (unpaired) electrons. The molecule has 0 aliphatic carbocycles. The van der Waals surface area contributed by atoms with Crippen molar-refractivity contribution < 1.29 is 8.42 Å². The van der Waals surface area contributed by atoms with Gasteiger partial charge in [-0.05, 0) is 18.1 Å². The molecule has 0 unspecified atom stereocenters. The van der Waals surface area contributed by atoms with Crippen molar-refractivity contribution in [3.05, 3.63) is 48.3 Å². The number of pyridine rings is 1. The minimum atomic E-state index is -3.30. The molecule has 0 saturated heterocycles. The number of rotatable bonds is 3. The monoisotopic (exact) mass is 261 g/mol. The number of nitrogens with zero attached hydrogens (tertiary/aromatic N) is 1. The standard InChI is InChI=1S/C13H13N2O2S/c1-10-12(11-6-4-3-5-7-11)8-14-9-13(10)15-18(2,16)17/h3-7,9,15H,1-2H3. The first-order chi connectivity index (χ1) is 8.47. The van der Waals surface area contributed by atoms with Crippen LogP contribution in [0.5, 0.6) is 0 Å². The summed E-state index contributed by atoms with van der Waals surface area (Å²) in [6.07, 6.45) is 5.47. The molecule has 2 rings (SSSR count). The molecule has 0 amide bonds. The van der Waals surface area contributed by atoms with Crippen molar-refractivity contribution in [2.45, 2.75) is 6.92 Å². The van der Waals surface area contributed by atoms with E-state index in [4.69, 9.17) is 0 Å². The van der Waals surface area contributed by atoms with Gasteiger partial charge in [0.2, 0.25) is 10.0 Å². The van der Waals surface area contributed by atoms with Gasteiger partial charge in [-0.1, -0.05) is 30.3 Å². The van der Waals surface area contributed by atoms with E-state index in [0.717, 1.165) is 22.9 Å². The Morgan fingerprint density at radius 1 is 1.22 bits per heavy atom. The van der Waals surface area contributed by atoms with Crippen LogP contribution >= 0.6 is 0 Å². The predicted molar refractivity (Wildman–Crippen MR) is 71.7 cm³/mol. The maximum atomic E-state index is 11.3.